The molecule has 1 heterocycles. The Morgan fingerprint density at radius 2 is 1.83 bits per heavy atom. The molecule has 1 spiro atoms. The van der Waals surface area contributed by atoms with Crippen LogP contribution in [0.5, 0.6) is 0 Å². The van der Waals surface area contributed by atoms with E-state index >= 15 is 0 Å². The van der Waals surface area contributed by atoms with Gasteiger partial charge < -0.3 is 4.74 Å². The van der Waals surface area contributed by atoms with Gasteiger partial charge in [0.05, 0.1) is 24.2 Å². The summed E-state index contributed by atoms with van der Waals surface area (Å²) in [4.78, 5) is 0.235. The smallest absolute Gasteiger partial charge is 0.297 e. The summed E-state index contributed by atoms with van der Waals surface area (Å²) in [6, 6.07) is 6.73. The van der Waals surface area contributed by atoms with E-state index in [9.17, 15) is 8.42 Å². The summed E-state index contributed by atoms with van der Waals surface area (Å²) in [6.45, 7) is 3.42. The van der Waals surface area contributed by atoms with Crippen LogP contribution in [0.1, 0.15) is 18.4 Å². The molecule has 0 N–H and O–H groups in total. The molecular formula is C13H16O4S. The molecule has 1 saturated carbocycles. The molecule has 0 unspecified atom stereocenters. The third-order valence-electron chi connectivity index (χ3n) is 3.71. The monoisotopic (exact) mass is 268 g/mol. The van der Waals surface area contributed by atoms with Crippen molar-refractivity contribution >= 4 is 10.1 Å². The van der Waals surface area contributed by atoms with E-state index in [1.165, 1.54) is 0 Å². The van der Waals surface area contributed by atoms with Crippen molar-refractivity contribution in [2.45, 2.75) is 30.8 Å². The lowest BCUT2D eigenvalue weighted by Gasteiger charge is -2.52. The average Bonchev–Trinajstić information content (AvgIpc) is 2.21. The molecule has 18 heavy (non-hydrogen) atoms. The summed E-state index contributed by atoms with van der Waals surface area (Å²) in [5.74, 6) is 0. The molecule has 1 aromatic carbocycles. The normalized spacial score (nSPS) is 22.5. The lowest BCUT2D eigenvalue weighted by molar-refractivity contribution is -0.190. The van der Waals surface area contributed by atoms with E-state index in [-0.39, 0.29) is 16.4 Å². The Morgan fingerprint density at radius 1 is 1.22 bits per heavy atom. The Morgan fingerprint density at radius 3 is 2.33 bits per heavy atom. The molecule has 0 bridgehead atoms. The van der Waals surface area contributed by atoms with Gasteiger partial charge in [-0.15, -0.1) is 0 Å². The van der Waals surface area contributed by atoms with Crippen LogP contribution in [-0.4, -0.2) is 27.7 Å². The van der Waals surface area contributed by atoms with Gasteiger partial charge in [0, 0.05) is 5.41 Å². The second kappa shape index (κ2) is 4.05. The molecule has 4 nitrogen and oxygen atoms in total. The summed E-state index contributed by atoms with van der Waals surface area (Å²) in [5, 5.41) is 0. The highest BCUT2D eigenvalue weighted by Gasteiger charge is 2.51. The first-order valence-electron chi connectivity index (χ1n) is 6.07. The van der Waals surface area contributed by atoms with Crippen LogP contribution in [0.4, 0.5) is 0 Å². The maximum atomic E-state index is 12.0. The second-order valence-electron chi connectivity index (χ2n) is 5.39. The number of hydrogen-bond acceptors (Lipinski definition) is 4. The molecule has 0 radical (unpaired) electrons. The lowest BCUT2D eigenvalue weighted by Crippen LogP contribution is -2.55. The largest absolute Gasteiger partial charge is 0.380 e. The standard InChI is InChI=1S/C13H16O4S/c1-10-2-4-12(5-3-10)18(14,15)17-11-6-13(7-11)8-16-9-13/h2-5,11H,6-9H2,1H3. The van der Waals surface area contributed by atoms with Crippen molar-refractivity contribution in [2.75, 3.05) is 13.2 Å². The van der Waals surface area contributed by atoms with Crippen molar-refractivity contribution in [3.05, 3.63) is 29.8 Å². The van der Waals surface area contributed by atoms with Crippen molar-refractivity contribution in [3.8, 4) is 0 Å². The van der Waals surface area contributed by atoms with Gasteiger partial charge >= 0.3 is 0 Å². The predicted octanol–water partition coefficient (Wildman–Crippen LogP) is 1.88. The summed E-state index contributed by atoms with van der Waals surface area (Å²) in [5.41, 5.74) is 1.25. The predicted molar refractivity (Wildman–Crippen MR) is 65.7 cm³/mol. The fraction of sp³-hybridized carbons (Fsp3) is 0.538. The molecule has 98 valence electrons. The molecule has 1 aliphatic carbocycles. The van der Waals surface area contributed by atoms with Gasteiger partial charge in [0.1, 0.15) is 0 Å². The summed E-state index contributed by atoms with van der Waals surface area (Å²) >= 11 is 0. The van der Waals surface area contributed by atoms with Crippen LogP contribution < -0.4 is 0 Å². The zero-order valence-electron chi connectivity index (χ0n) is 10.3. The molecule has 1 aromatic rings. The van der Waals surface area contributed by atoms with Crippen LogP contribution in [-0.2, 0) is 19.0 Å². The Balaban J connectivity index is 1.66. The van der Waals surface area contributed by atoms with Gasteiger partial charge in [0.25, 0.3) is 10.1 Å². The SMILES string of the molecule is Cc1ccc(S(=O)(=O)OC2CC3(COC3)C2)cc1. The van der Waals surface area contributed by atoms with E-state index in [1.54, 1.807) is 24.3 Å². The molecule has 0 amide bonds. The molecule has 3 rings (SSSR count). The van der Waals surface area contributed by atoms with Gasteiger partial charge in [-0.1, -0.05) is 17.7 Å². The fourth-order valence-corrected chi connectivity index (χ4v) is 3.62. The highest BCUT2D eigenvalue weighted by molar-refractivity contribution is 7.86. The van der Waals surface area contributed by atoms with Gasteiger partial charge in [0.15, 0.2) is 0 Å². The van der Waals surface area contributed by atoms with E-state index in [2.05, 4.69) is 0 Å². The van der Waals surface area contributed by atoms with Crippen molar-refractivity contribution in [1.29, 1.82) is 0 Å². The quantitative estimate of drug-likeness (QED) is 0.785. The Hall–Kier alpha value is -0.910. The number of aryl methyl sites for hydroxylation is 1. The van der Waals surface area contributed by atoms with Gasteiger partial charge in [-0.2, -0.15) is 8.42 Å². The first kappa shape index (κ1) is 12.1. The van der Waals surface area contributed by atoms with E-state index in [4.69, 9.17) is 8.92 Å². The zero-order chi connectivity index (χ0) is 12.8. The van der Waals surface area contributed by atoms with Crippen LogP contribution in [0.15, 0.2) is 29.2 Å². The van der Waals surface area contributed by atoms with E-state index < -0.39 is 10.1 Å². The minimum absolute atomic E-state index is 0.180. The van der Waals surface area contributed by atoms with Gasteiger partial charge in [-0.05, 0) is 31.9 Å². The first-order valence-corrected chi connectivity index (χ1v) is 7.48. The van der Waals surface area contributed by atoms with Crippen LogP contribution in [0.2, 0.25) is 0 Å². The summed E-state index contributed by atoms with van der Waals surface area (Å²) in [7, 11) is -3.61. The lowest BCUT2D eigenvalue weighted by atomic mass is 9.65. The minimum atomic E-state index is -3.61. The van der Waals surface area contributed by atoms with Crippen LogP contribution >= 0.6 is 0 Å². The van der Waals surface area contributed by atoms with Crippen LogP contribution in [0.3, 0.4) is 0 Å². The van der Waals surface area contributed by atoms with Crippen molar-refractivity contribution in [3.63, 3.8) is 0 Å². The maximum absolute atomic E-state index is 12.0. The van der Waals surface area contributed by atoms with Crippen molar-refractivity contribution in [1.82, 2.24) is 0 Å². The molecule has 2 fully saturated rings. The number of ether oxygens (including phenoxy) is 1. The molecule has 0 atom stereocenters. The number of benzene rings is 1. The van der Waals surface area contributed by atoms with Crippen LogP contribution in [0.25, 0.3) is 0 Å². The number of hydrogen-bond donors (Lipinski definition) is 0. The van der Waals surface area contributed by atoms with Crippen molar-refractivity contribution in [2.24, 2.45) is 5.41 Å². The first-order chi connectivity index (χ1) is 8.49. The third-order valence-corrected chi connectivity index (χ3v) is 5.09. The highest BCUT2D eigenvalue weighted by Crippen LogP contribution is 2.48. The average molecular weight is 268 g/mol. The maximum Gasteiger partial charge on any atom is 0.297 e. The molecule has 2 aliphatic rings. The Kier molecular flexibility index (Phi) is 2.73. The summed E-state index contributed by atoms with van der Waals surface area (Å²) in [6.07, 6.45) is 1.40. The molecule has 1 aliphatic heterocycles. The van der Waals surface area contributed by atoms with Gasteiger partial charge in [0.2, 0.25) is 0 Å². The Bertz CT molecular complexity index is 535. The van der Waals surface area contributed by atoms with E-state index in [0.717, 1.165) is 31.6 Å². The van der Waals surface area contributed by atoms with Crippen LogP contribution in [0, 0.1) is 12.3 Å². The Labute approximate surface area is 107 Å². The second-order valence-corrected chi connectivity index (χ2v) is 6.96. The molecular weight excluding hydrogens is 252 g/mol. The molecule has 5 heteroatoms. The topological polar surface area (TPSA) is 52.6 Å². The van der Waals surface area contributed by atoms with Crippen molar-refractivity contribution < 1.29 is 17.3 Å². The van der Waals surface area contributed by atoms with Gasteiger partial charge in [-0.25, -0.2) is 0 Å². The van der Waals surface area contributed by atoms with Gasteiger partial charge in [-0.3, -0.25) is 4.18 Å². The third kappa shape index (κ3) is 2.06. The fourth-order valence-electron chi connectivity index (χ4n) is 2.54. The highest BCUT2D eigenvalue weighted by atomic mass is 32.2. The minimum Gasteiger partial charge on any atom is -0.380 e. The van der Waals surface area contributed by atoms with E-state index in [1.807, 2.05) is 6.92 Å². The number of rotatable bonds is 3. The van der Waals surface area contributed by atoms with E-state index in [0.29, 0.717) is 0 Å². The zero-order valence-corrected chi connectivity index (χ0v) is 11.1. The molecule has 0 aromatic heterocycles. The molecule has 1 saturated heterocycles. The summed E-state index contributed by atoms with van der Waals surface area (Å²) < 4.78 is 34.4.